The van der Waals surface area contributed by atoms with Crippen LogP contribution in [0.1, 0.15) is 66.2 Å². The Morgan fingerprint density at radius 2 is 2.05 bits per heavy atom. The van der Waals surface area contributed by atoms with E-state index in [9.17, 15) is 4.79 Å². The Morgan fingerprint density at radius 3 is 2.60 bits per heavy atom. The second-order valence-electron chi connectivity index (χ2n) is 6.12. The number of rotatable bonds is 6. The van der Waals surface area contributed by atoms with Crippen molar-refractivity contribution in [3.63, 3.8) is 0 Å². The fourth-order valence-electron chi connectivity index (χ4n) is 2.85. The highest BCUT2D eigenvalue weighted by Gasteiger charge is 2.16. The Morgan fingerprint density at radius 1 is 1.35 bits per heavy atom. The predicted molar refractivity (Wildman–Crippen MR) is 84.7 cm³/mol. The van der Waals surface area contributed by atoms with Gasteiger partial charge in [-0.2, -0.15) is 0 Å². The summed E-state index contributed by atoms with van der Waals surface area (Å²) in [5.41, 5.74) is 5.28. The molecule has 0 aromatic heterocycles. The largest absolute Gasteiger partial charge is 0.478 e. The maximum absolute atomic E-state index is 10.8. The van der Waals surface area contributed by atoms with Gasteiger partial charge in [-0.1, -0.05) is 32.4 Å². The zero-order chi connectivity index (χ0) is 15.1. The van der Waals surface area contributed by atoms with Crippen molar-refractivity contribution in [2.45, 2.75) is 66.2 Å². The molecule has 20 heavy (non-hydrogen) atoms. The van der Waals surface area contributed by atoms with E-state index in [0.717, 1.165) is 24.8 Å². The van der Waals surface area contributed by atoms with Crippen LogP contribution in [0.25, 0.3) is 0 Å². The second-order valence-corrected chi connectivity index (χ2v) is 6.12. The van der Waals surface area contributed by atoms with Gasteiger partial charge in [0.15, 0.2) is 0 Å². The summed E-state index contributed by atoms with van der Waals surface area (Å²) in [4.78, 5) is 10.8. The molecule has 1 aliphatic carbocycles. The summed E-state index contributed by atoms with van der Waals surface area (Å²) < 4.78 is 0. The van der Waals surface area contributed by atoms with Crippen molar-refractivity contribution in [2.24, 2.45) is 5.92 Å². The minimum Gasteiger partial charge on any atom is -0.478 e. The molecule has 0 aliphatic heterocycles. The molecule has 0 fully saturated rings. The Labute approximate surface area is 123 Å². The van der Waals surface area contributed by atoms with Crippen molar-refractivity contribution in [2.75, 3.05) is 0 Å². The van der Waals surface area contributed by atoms with Gasteiger partial charge in [-0.05, 0) is 68.1 Å². The number of hydrogen-bond acceptors (Lipinski definition) is 1. The van der Waals surface area contributed by atoms with Crippen LogP contribution in [0.15, 0.2) is 34.4 Å². The molecular formula is C18H28O2. The van der Waals surface area contributed by atoms with Gasteiger partial charge in [0.25, 0.3) is 0 Å². The standard InChI is InChI=1S/C18H28O2/c1-5-15-7-6-8-16(11-14(4)12-18(19)20)17(15)10-9-13(2)3/h11-13H,5-10H2,1-4H3,(H,19,20)/b14-12-,16-11?. The minimum absolute atomic E-state index is 0.708. The molecule has 0 bridgehead atoms. The lowest BCUT2D eigenvalue weighted by Crippen LogP contribution is -2.05. The van der Waals surface area contributed by atoms with Crippen LogP contribution in [-0.4, -0.2) is 11.1 Å². The normalized spacial score (nSPS) is 19.1. The van der Waals surface area contributed by atoms with Gasteiger partial charge in [-0.25, -0.2) is 4.79 Å². The number of carboxylic acid groups (broad SMARTS) is 1. The Kier molecular flexibility index (Phi) is 6.77. The van der Waals surface area contributed by atoms with Gasteiger partial charge >= 0.3 is 5.97 Å². The van der Waals surface area contributed by atoms with E-state index in [1.54, 1.807) is 5.57 Å². The summed E-state index contributed by atoms with van der Waals surface area (Å²) in [7, 11) is 0. The van der Waals surface area contributed by atoms with Crippen LogP contribution in [0.4, 0.5) is 0 Å². The maximum Gasteiger partial charge on any atom is 0.328 e. The Bertz CT molecular complexity index is 436. The Balaban J connectivity index is 3.02. The molecule has 0 radical (unpaired) electrons. The molecule has 0 spiro atoms. The summed E-state index contributed by atoms with van der Waals surface area (Å²) >= 11 is 0. The highest BCUT2D eigenvalue weighted by Crippen LogP contribution is 2.35. The fraction of sp³-hybridized carbons (Fsp3) is 0.611. The monoisotopic (exact) mass is 276 g/mol. The molecule has 0 aromatic carbocycles. The van der Waals surface area contributed by atoms with Crippen molar-refractivity contribution in [3.8, 4) is 0 Å². The molecule has 1 aliphatic rings. The molecule has 0 atom stereocenters. The van der Waals surface area contributed by atoms with Crippen molar-refractivity contribution in [1.29, 1.82) is 0 Å². The topological polar surface area (TPSA) is 37.3 Å². The molecule has 0 amide bonds. The number of hydrogen-bond donors (Lipinski definition) is 1. The van der Waals surface area contributed by atoms with Crippen molar-refractivity contribution < 1.29 is 9.90 Å². The fourth-order valence-corrected chi connectivity index (χ4v) is 2.85. The van der Waals surface area contributed by atoms with E-state index in [1.165, 1.54) is 36.5 Å². The molecule has 1 rings (SSSR count). The summed E-state index contributed by atoms with van der Waals surface area (Å²) in [6.45, 7) is 8.62. The van der Waals surface area contributed by atoms with Crippen LogP contribution in [0.3, 0.4) is 0 Å². The number of allylic oxidation sites excluding steroid dienone is 5. The first-order chi connectivity index (χ1) is 9.43. The number of carboxylic acids is 1. The third-order valence-electron chi connectivity index (χ3n) is 3.89. The van der Waals surface area contributed by atoms with E-state index < -0.39 is 5.97 Å². The van der Waals surface area contributed by atoms with Gasteiger partial charge in [-0.15, -0.1) is 0 Å². The lowest BCUT2D eigenvalue weighted by atomic mass is 9.82. The van der Waals surface area contributed by atoms with Gasteiger partial charge in [-0.3, -0.25) is 0 Å². The van der Waals surface area contributed by atoms with Crippen LogP contribution >= 0.6 is 0 Å². The van der Waals surface area contributed by atoms with Gasteiger partial charge < -0.3 is 5.11 Å². The Hall–Kier alpha value is -1.31. The van der Waals surface area contributed by atoms with Crippen molar-refractivity contribution in [3.05, 3.63) is 34.4 Å². The third-order valence-corrected chi connectivity index (χ3v) is 3.89. The first-order valence-electron chi connectivity index (χ1n) is 7.77. The smallest absolute Gasteiger partial charge is 0.328 e. The van der Waals surface area contributed by atoms with Gasteiger partial charge in [0.1, 0.15) is 0 Å². The first-order valence-corrected chi connectivity index (χ1v) is 7.77. The summed E-state index contributed by atoms with van der Waals surface area (Å²) in [6.07, 6.45) is 10.3. The average Bonchev–Trinajstić information content (AvgIpc) is 2.35. The molecule has 2 heteroatoms. The van der Waals surface area contributed by atoms with Gasteiger partial charge in [0, 0.05) is 6.08 Å². The lowest BCUT2D eigenvalue weighted by Gasteiger charge is -2.24. The maximum atomic E-state index is 10.8. The van der Waals surface area contributed by atoms with E-state index in [2.05, 4.69) is 26.8 Å². The molecule has 0 heterocycles. The molecule has 0 saturated carbocycles. The van der Waals surface area contributed by atoms with E-state index >= 15 is 0 Å². The summed E-state index contributed by atoms with van der Waals surface area (Å²) in [5.74, 6) is -0.155. The highest BCUT2D eigenvalue weighted by molar-refractivity contribution is 5.81. The lowest BCUT2D eigenvalue weighted by molar-refractivity contribution is -0.131. The molecule has 0 aromatic rings. The van der Waals surface area contributed by atoms with Crippen LogP contribution < -0.4 is 0 Å². The van der Waals surface area contributed by atoms with Crippen molar-refractivity contribution in [1.82, 2.24) is 0 Å². The van der Waals surface area contributed by atoms with E-state index in [0.29, 0.717) is 5.92 Å². The summed E-state index contributed by atoms with van der Waals surface area (Å²) in [5, 5.41) is 8.84. The number of carbonyl (C=O) groups is 1. The van der Waals surface area contributed by atoms with E-state index in [4.69, 9.17) is 5.11 Å². The van der Waals surface area contributed by atoms with Gasteiger partial charge in [0.2, 0.25) is 0 Å². The molecule has 0 saturated heterocycles. The van der Waals surface area contributed by atoms with Crippen LogP contribution in [0, 0.1) is 5.92 Å². The first kappa shape index (κ1) is 16.7. The summed E-state index contributed by atoms with van der Waals surface area (Å²) in [6, 6.07) is 0. The van der Waals surface area contributed by atoms with E-state index in [-0.39, 0.29) is 0 Å². The molecule has 1 N–H and O–H groups in total. The molecular weight excluding hydrogens is 248 g/mol. The van der Waals surface area contributed by atoms with Crippen LogP contribution in [0.2, 0.25) is 0 Å². The second kappa shape index (κ2) is 8.08. The molecule has 112 valence electrons. The molecule has 0 unspecified atom stereocenters. The average molecular weight is 276 g/mol. The van der Waals surface area contributed by atoms with Crippen LogP contribution in [0.5, 0.6) is 0 Å². The SMILES string of the molecule is CCC1=C(CCC(C)C)C(=C/C(C)=C\C(=O)O)CCC1. The highest BCUT2D eigenvalue weighted by atomic mass is 16.4. The van der Waals surface area contributed by atoms with Crippen molar-refractivity contribution >= 4 is 5.97 Å². The zero-order valence-electron chi connectivity index (χ0n) is 13.3. The predicted octanol–water partition coefficient (Wildman–Crippen LogP) is 5.27. The molecule has 2 nitrogen and oxygen atoms in total. The quantitative estimate of drug-likeness (QED) is 0.671. The van der Waals surface area contributed by atoms with Crippen LogP contribution in [-0.2, 0) is 4.79 Å². The van der Waals surface area contributed by atoms with Gasteiger partial charge in [0.05, 0.1) is 0 Å². The van der Waals surface area contributed by atoms with E-state index in [1.807, 2.05) is 6.92 Å². The number of aliphatic carboxylic acids is 1. The third kappa shape index (κ3) is 5.36. The zero-order valence-corrected chi connectivity index (χ0v) is 13.3. The minimum atomic E-state index is -0.862.